The van der Waals surface area contributed by atoms with Crippen LogP contribution in [0.2, 0.25) is 5.02 Å². The maximum absolute atomic E-state index is 11.5. The zero-order chi connectivity index (χ0) is 12.7. The van der Waals surface area contributed by atoms with Crippen LogP contribution in [0, 0.1) is 0 Å². The number of benzene rings is 1. The molecule has 1 atom stereocenters. The second-order valence-electron chi connectivity index (χ2n) is 4.15. The number of nitrogens with one attached hydrogen (secondary N) is 2. The van der Waals surface area contributed by atoms with E-state index in [9.17, 15) is 4.79 Å². The van der Waals surface area contributed by atoms with Crippen LogP contribution in [-0.2, 0) is 11.2 Å². The van der Waals surface area contributed by atoms with Gasteiger partial charge in [0.2, 0.25) is 5.91 Å². The van der Waals surface area contributed by atoms with Crippen LogP contribution >= 0.6 is 11.6 Å². The molecule has 0 saturated carbocycles. The lowest BCUT2D eigenvalue weighted by Crippen LogP contribution is -2.35. The number of amides is 1. The van der Waals surface area contributed by atoms with Gasteiger partial charge < -0.3 is 10.6 Å². The summed E-state index contributed by atoms with van der Waals surface area (Å²) in [6.45, 7) is 2.71. The van der Waals surface area contributed by atoms with Gasteiger partial charge in [-0.05, 0) is 38.1 Å². The Kier molecular flexibility index (Phi) is 6.01. The minimum atomic E-state index is 0.0841. The molecule has 1 amide bonds. The first-order valence-corrected chi connectivity index (χ1v) is 6.18. The van der Waals surface area contributed by atoms with Crippen LogP contribution in [0.3, 0.4) is 0 Å². The highest BCUT2D eigenvalue weighted by Crippen LogP contribution is 2.10. The van der Waals surface area contributed by atoms with Crippen molar-refractivity contribution in [3.63, 3.8) is 0 Å². The molecule has 1 aromatic carbocycles. The van der Waals surface area contributed by atoms with E-state index >= 15 is 0 Å². The Bertz CT molecular complexity index is 351. The smallest absolute Gasteiger partial charge is 0.221 e. The van der Waals surface area contributed by atoms with E-state index in [4.69, 9.17) is 11.6 Å². The van der Waals surface area contributed by atoms with E-state index in [-0.39, 0.29) is 11.9 Å². The van der Waals surface area contributed by atoms with Crippen molar-refractivity contribution in [1.29, 1.82) is 0 Å². The summed E-state index contributed by atoms with van der Waals surface area (Å²) in [5, 5.41) is 6.65. The highest BCUT2D eigenvalue weighted by Gasteiger charge is 2.07. The van der Waals surface area contributed by atoms with Gasteiger partial charge in [0.25, 0.3) is 0 Å². The molecule has 1 aromatic rings. The maximum Gasteiger partial charge on any atom is 0.221 e. The molecule has 0 aliphatic rings. The molecule has 1 unspecified atom stereocenters. The molecule has 4 heteroatoms. The van der Waals surface area contributed by atoms with Gasteiger partial charge in [0.1, 0.15) is 0 Å². The molecule has 17 heavy (non-hydrogen) atoms. The van der Waals surface area contributed by atoms with Crippen molar-refractivity contribution in [1.82, 2.24) is 10.6 Å². The summed E-state index contributed by atoms with van der Waals surface area (Å²) in [4.78, 5) is 11.5. The molecule has 0 spiro atoms. The first kappa shape index (κ1) is 14.0. The average Bonchev–Trinajstić information content (AvgIpc) is 2.29. The van der Waals surface area contributed by atoms with Crippen molar-refractivity contribution >= 4 is 17.5 Å². The second kappa shape index (κ2) is 7.30. The number of carbonyl (C=O) groups excluding carboxylic acids is 1. The first-order chi connectivity index (χ1) is 8.11. The number of rotatable bonds is 6. The summed E-state index contributed by atoms with van der Waals surface area (Å²) in [7, 11) is 1.84. The monoisotopic (exact) mass is 254 g/mol. The predicted molar refractivity (Wildman–Crippen MR) is 71.3 cm³/mol. The molecule has 0 saturated heterocycles. The molecule has 0 aliphatic heterocycles. The SMILES string of the molecule is CNCCC(=O)NC(C)Cc1ccc(Cl)cc1. The summed E-state index contributed by atoms with van der Waals surface area (Å²) in [6.07, 6.45) is 1.34. The molecule has 0 bridgehead atoms. The van der Waals surface area contributed by atoms with Gasteiger partial charge in [-0.15, -0.1) is 0 Å². The molecule has 1 rings (SSSR count). The second-order valence-corrected chi connectivity index (χ2v) is 4.59. The Morgan fingerprint density at radius 2 is 2.00 bits per heavy atom. The van der Waals surface area contributed by atoms with Crippen molar-refractivity contribution < 1.29 is 4.79 Å². The van der Waals surface area contributed by atoms with E-state index in [1.54, 1.807) is 0 Å². The van der Waals surface area contributed by atoms with E-state index in [2.05, 4.69) is 10.6 Å². The van der Waals surface area contributed by atoms with Gasteiger partial charge in [-0.3, -0.25) is 4.79 Å². The fraction of sp³-hybridized carbons (Fsp3) is 0.462. The Balaban J connectivity index is 2.36. The minimum absolute atomic E-state index is 0.0841. The molecular weight excluding hydrogens is 236 g/mol. The minimum Gasteiger partial charge on any atom is -0.353 e. The van der Waals surface area contributed by atoms with E-state index in [1.807, 2.05) is 38.2 Å². The zero-order valence-corrected chi connectivity index (χ0v) is 11.1. The van der Waals surface area contributed by atoms with Crippen molar-refractivity contribution in [2.45, 2.75) is 25.8 Å². The molecule has 0 aliphatic carbocycles. The lowest BCUT2D eigenvalue weighted by Gasteiger charge is -2.14. The standard InChI is InChI=1S/C13H19ClN2O/c1-10(16-13(17)7-8-15-2)9-11-3-5-12(14)6-4-11/h3-6,10,15H,7-9H2,1-2H3,(H,16,17). The molecule has 3 nitrogen and oxygen atoms in total. The van der Waals surface area contributed by atoms with Gasteiger partial charge in [-0.25, -0.2) is 0 Å². The largest absolute Gasteiger partial charge is 0.353 e. The summed E-state index contributed by atoms with van der Waals surface area (Å²) >= 11 is 5.81. The van der Waals surface area contributed by atoms with Crippen molar-refractivity contribution in [3.8, 4) is 0 Å². The number of carbonyl (C=O) groups is 1. The van der Waals surface area contributed by atoms with E-state index in [1.165, 1.54) is 5.56 Å². The fourth-order valence-electron chi connectivity index (χ4n) is 1.61. The van der Waals surface area contributed by atoms with Gasteiger partial charge >= 0.3 is 0 Å². The molecule has 94 valence electrons. The third kappa shape index (κ3) is 5.71. The first-order valence-electron chi connectivity index (χ1n) is 5.80. The summed E-state index contributed by atoms with van der Waals surface area (Å²) in [6, 6.07) is 7.84. The highest BCUT2D eigenvalue weighted by atomic mass is 35.5. The van der Waals surface area contributed by atoms with Gasteiger partial charge in [0.15, 0.2) is 0 Å². The lowest BCUT2D eigenvalue weighted by molar-refractivity contribution is -0.121. The van der Waals surface area contributed by atoms with Crippen LogP contribution in [0.15, 0.2) is 24.3 Å². The molecule has 2 N–H and O–H groups in total. The third-order valence-corrected chi connectivity index (χ3v) is 2.72. The molecule has 0 aromatic heterocycles. The Hall–Kier alpha value is -1.06. The Morgan fingerprint density at radius 1 is 1.35 bits per heavy atom. The zero-order valence-electron chi connectivity index (χ0n) is 10.3. The van der Waals surface area contributed by atoms with Gasteiger partial charge in [0.05, 0.1) is 0 Å². The Labute approximate surface area is 108 Å². The molecule has 0 fully saturated rings. The number of hydrogen-bond acceptors (Lipinski definition) is 2. The van der Waals surface area contributed by atoms with E-state index in [0.717, 1.165) is 11.4 Å². The highest BCUT2D eigenvalue weighted by molar-refractivity contribution is 6.30. The van der Waals surface area contributed by atoms with Crippen LogP contribution < -0.4 is 10.6 Å². The van der Waals surface area contributed by atoms with Crippen LogP contribution in [-0.4, -0.2) is 25.5 Å². The van der Waals surface area contributed by atoms with Crippen LogP contribution in [0.25, 0.3) is 0 Å². The third-order valence-electron chi connectivity index (χ3n) is 2.46. The maximum atomic E-state index is 11.5. The summed E-state index contributed by atoms with van der Waals surface area (Å²) in [5.41, 5.74) is 1.18. The van der Waals surface area contributed by atoms with Gasteiger partial charge in [-0.2, -0.15) is 0 Å². The molecule has 0 heterocycles. The summed E-state index contributed by atoms with van der Waals surface area (Å²) < 4.78 is 0. The quantitative estimate of drug-likeness (QED) is 0.815. The topological polar surface area (TPSA) is 41.1 Å². The van der Waals surface area contributed by atoms with Gasteiger partial charge in [-0.1, -0.05) is 23.7 Å². The lowest BCUT2D eigenvalue weighted by atomic mass is 10.1. The summed E-state index contributed by atoms with van der Waals surface area (Å²) in [5.74, 6) is 0.0841. The fourth-order valence-corrected chi connectivity index (χ4v) is 1.74. The van der Waals surface area contributed by atoms with Crippen LogP contribution in [0.1, 0.15) is 18.9 Å². The van der Waals surface area contributed by atoms with Crippen molar-refractivity contribution in [2.24, 2.45) is 0 Å². The van der Waals surface area contributed by atoms with E-state index in [0.29, 0.717) is 13.0 Å². The number of hydrogen-bond donors (Lipinski definition) is 2. The average molecular weight is 255 g/mol. The number of halogens is 1. The molecule has 0 radical (unpaired) electrons. The van der Waals surface area contributed by atoms with Crippen LogP contribution in [0.5, 0.6) is 0 Å². The normalized spacial score (nSPS) is 12.2. The van der Waals surface area contributed by atoms with E-state index < -0.39 is 0 Å². The van der Waals surface area contributed by atoms with Crippen molar-refractivity contribution in [3.05, 3.63) is 34.9 Å². The predicted octanol–water partition coefficient (Wildman–Crippen LogP) is 2.00. The van der Waals surface area contributed by atoms with Gasteiger partial charge in [0, 0.05) is 24.0 Å². The Morgan fingerprint density at radius 3 is 2.59 bits per heavy atom. The van der Waals surface area contributed by atoms with Crippen molar-refractivity contribution in [2.75, 3.05) is 13.6 Å². The molecular formula is C13H19ClN2O. The van der Waals surface area contributed by atoms with Crippen LogP contribution in [0.4, 0.5) is 0 Å².